The molecule has 0 N–H and O–H groups in total. The first-order valence-corrected chi connectivity index (χ1v) is 11.3. The molecule has 5 heterocycles. The van der Waals surface area contributed by atoms with Gasteiger partial charge in [0.1, 0.15) is 5.82 Å². The molecule has 1 unspecified atom stereocenters. The number of aryl methyl sites for hydroxylation is 1. The van der Waals surface area contributed by atoms with Gasteiger partial charge in [-0.15, -0.1) is 0 Å². The van der Waals surface area contributed by atoms with Crippen LogP contribution in [0.15, 0.2) is 36.8 Å². The summed E-state index contributed by atoms with van der Waals surface area (Å²) in [6.45, 7) is 6.07. The second-order valence-corrected chi connectivity index (χ2v) is 8.95. The van der Waals surface area contributed by atoms with E-state index in [1.807, 2.05) is 15.4 Å². The van der Waals surface area contributed by atoms with E-state index in [0.29, 0.717) is 24.7 Å². The van der Waals surface area contributed by atoms with Gasteiger partial charge >= 0.3 is 0 Å². The minimum Gasteiger partial charge on any atom is -0.303 e. The number of aromatic nitrogens is 5. The monoisotopic (exact) mass is 463 g/mol. The maximum atomic E-state index is 13.2. The van der Waals surface area contributed by atoms with Crippen LogP contribution in [-0.4, -0.2) is 35.8 Å². The average Bonchev–Trinajstić information content (AvgIpc) is 3.37. The van der Waals surface area contributed by atoms with Crippen molar-refractivity contribution >= 4 is 17.1 Å². The van der Waals surface area contributed by atoms with E-state index >= 15 is 0 Å². The Balaban J connectivity index is 1.49. The van der Waals surface area contributed by atoms with Gasteiger partial charge in [0.25, 0.3) is 0 Å². The normalized spacial score (nSPS) is 14.3. The zero-order chi connectivity index (χ0) is 23.1. The summed E-state index contributed by atoms with van der Waals surface area (Å²) in [4.78, 5) is 5.98. The van der Waals surface area contributed by atoms with Gasteiger partial charge in [-0.3, -0.25) is 9.67 Å². The number of pyridine rings is 2. The molecule has 0 bridgehead atoms. The molecule has 0 fully saturated rings. The predicted molar refractivity (Wildman–Crippen MR) is 123 cm³/mol. The second kappa shape index (κ2) is 8.49. The van der Waals surface area contributed by atoms with Crippen molar-refractivity contribution in [3.63, 3.8) is 0 Å². The first kappa shape index (κ1) is 21.4. The summed E-state index contributed by atoms with van der Waals surface area (Å²) in [5, 5.41) is 19.2. The van der Waals surface area contributed by atoms with Crippen molar-refractivity contribution in [2.24, 2.45) is 0 Å². The van der Waals surface area contributed by atoms with E-state index in [-0.39, 0.29) is 11.7 Å². The highest BCUT2D eigenvalue weighted by molar-refractivity contribution is 6.34. The lowest BCUT2D eigenvalue weighted by Crippen LogP contribution is -2.30. The van der Waals surface area contributed by atoms with Gasteiger partial charge < -0.3 is 4.90 Å². The quantitative estimate of drug-likeness (QED) is 0.400. The van der Waals surface area contributed by atoms with E-state index in [1.165, 1.54) is 12.3 Å². The molecule has 0 saturated heterocycles. The molecule has 4 aromatic rings. The standard InChI is InChI=1S/C24H23ClFN7/c1-15(21-6-5-19(26)10-28-21)3-4-17-9-18(12-33-24(17)20(25)11-29-33)23-16(2)22-13-31(14-27)7-8-32(22)30-23/h5-6,9-12,15H,3-4,7-8,13H2,1-2H3. The summed E-state index contributed by atoms with van der Waals surface area (Å²) >= 11 is 6.48. The van der Waals surface area contributed by atoms with Crippen molar-refractivity contribution in [2.45, 2.75) is 45.7 Å². The van der Waals surface area contributed by atoms with Gasteiger partial charge in [-0.25, -0.2) is 8.91 Å². The average molecular weight is 464 g/mol. The zero-order valence-corrected chi connectivity index (χ0v) is 19.2. The lowest BCUT2D eigenvalue weighted by molar-refractivity contribution is 0.301. The molecule has 7 nitrogen and oxygen atoms in total. The van der Waals surface area contributed by atoms with Crippen molar-refractivity contribution in [3.05, 3.63) is 70.1 Å². The molecule has 0 aliphatic carbocycles. The Hall–Kier alpha value is -3.44. The first-order chi connectivity index (χ1) is 15.9. The van der Waals surface area contributed by atoms with Crippen LogP contribution in [0.4, 0.5) is 4.39 Å². The number of halogens is 2. The summed E-state index contributed by atoms with van der Waals surface area (Å²) in [6, 6.07) is 5.32. The summed E-state index contributed by atoms with van der Waals surface area (Å²) in [5.74, 6) is -0.169. The zero-order valence-electron chi connectivity index (χ0n) is 18.5. The third-order valence-electron chi connectivity index (χ3n) is 6.41. The summed E-state index contributed by atoms with van der Waals surface area (Å²) in [5.41, 5.74) is 6.82. The van der Waals surface area contributed by atoms with Gasteiger partial charge in [0.2, 0.25) is 0 Å². The molecule has 5 rings (SSSR count). The third kappa shape index (κ3) is 3.93. The van der Waals surface area contributed by atoms with Crippen LogP contribution >= 0.6 is 11.6 Å². The van der Waals surface area contributed by atoms with Gasteiger partial charge in [-0.2, -0.15) is 15.5 Å². The Bertz CT molecular complexity index is 1370. The van der Waals surface area contributed by atoms with Crippen LogP contribution in [0.5, 0.6) is 0 Å². The minimum absolute atomic E-state index is 0.162. The van der Waals surface area contributed by atoms with Crippen LogP contribution in [0.3, 0.4) is 0 Å². The SMILES string of the molecule is Cc1c(-c2cc(CCC(C)c3ccc(F)cn3)c3c(Cl)cnn3c2)nn2c1CN(C#N)CC2. The molecule has 0 saturated carbocycles. The fraction of sp³-hybridized carbons (Fsp3) is 0.333. The molecular weight excluding hydrogens is 441 g/mol. The van der Waals surface area contributed by atoms with E-state index in [0.717, 1.165) is 52.1 Å². The Labute approximate surface area is 196 Å². The first-order valence-electron chi connectivity index (χ1n) is 10.9. The molecule has 0 spiro atoms. The van der Waals surface area contributed by atoms with Gasteiger partial charge in [0.05, 0.1) is 47.4 Å². The van der Waals surface area contributed by atoms with Crippen LogP contribution in [-0.2, 0) is 19.5 Å². The largest absolute Gasteiger partial charge is 0.303 e. The summed E-state index contributed by atoms with van der Waals surface area (Å²) in [6.07, 6.45) is 8.70. The van der Waals surface area contributed by atoms with Gasteiger partial charge in [-0.1, -0.05) is 18.5 Å². The van der Waals surface area contributed by atoms with Crippen LogP contribution in [0.1, 0.15) is 41.8 Å². The highest BCUT2D eigenvalue weighted by Crippen LogP contribution is 2.32. The molecule has 1 aliphatic rings. The summed E-state index contributed by atoms with van der Waals surface area (Å²) < 4.78 is 17.0. The molecule has 1 aliphatic heterocycles. The highest BCUT2D eigenvalue weighted by Gasteiger charge is 2.23. The smallest absolute Gasteiger partial charge is 0.179 e. The number of rotatable bonds is 5. The number of nitriles is 1. The predicted octanol–water partition coefficient (Wildman–Crippen LogP) is 4.73. The van der Waals surface area contributed by atoms with Crippen molar-refractivity contribution in [3.8, 4) is 17.5 Å². The summed E-state index contributed by atoms with van der Waals surface area (Å²) in [7, 11) is 0. The number of hydrogen-bond donors (Lipinski definition) is 0. The van der Waals surface area contributed by atoms with E-state index < -0.39 is 0 Å². The molecule has 33 heavy (non-hydrogen) atoms. The van der Waals surface area contributed by atoms with Gasteiger partial charge in [-0.05, 0) is 49.4 Å². The lowest BCUT2D eigenvalue weighted by atomic mass is 9.96. The maximum absolute atomic E-state index is 13.2. The third-order valence-corrected chi connectivity index (χ3v) is 6.68. The fourth-order valence-electron chi connectivity index (χ4n) is 4.49. The van der Waals surface area contributed by atoms with Crippen LogP contribution in [0.2, 0.25) is 5.02 Å². The molecule has 168 valence electrons. The molecular formula is C24H23ClFN7. The van der Waals surface area contributed by atoms with E-state index in [4.69, 9.17) is 16.7 Å². The Morgan fingerprint density at radius 3 is 2.88 bits per heavy atom. The Morgan fingerprint density at radius 1 is 1.27 bits per heavy atom. The number of hydrogen-bond acceptors (Lipinski definition) is 5. The maximum Gasteiger partial charge on any atom is 0.179 e. The molecule has 9 heteroatoms. The van der Waals surface area contributed by atoms with Gasteiger partial charge in [0.15, 0.2) is 6.19 Å². The van der Waals surface area contributed by atoms with E-state index in [2.05, 4.69) is 36.2 Å². The molecule has 1 atom stereocenters. The van der Waals surface area contributed by atoms with Crippen LogP contribution in [0.25, 0.3) is 16.8 Å². The number of nitrogens with zero attached hydrogens (tertiary/aromatic N) is 7. The topological polar surface area (TPSA) is 75.0 Å². The lowest BCUT2D eigenvalue weighted by Gasteiger charge is -2.22. The fourth-order valence-corrected chi connectivity index (χ4v) is 4.74. The van der Waals surface area contributed by atoms with E-state index in [1.54, 1.807) is 17.2 Å². The Kier molecular flexibility index (Phi) is 5.51. The van der Waals surface area contributed by atoms with Crippen molar-refractivity contribution < 1.29 is 4.39 Å². The molecule has 0 amide bonds. The van der Waals surface area contributed by atoms with Gasteiger partial charge in [0, 0.05) is 29.6 Å². The molecule has 0 aromatic carbocycles. The second-order valence-electron chi connectivity index (χ2n) is 8.55. The number of fused-ring (bicyclic) bond motifs is 2. The van der Waals surface area contributed by atoms with E-state index in [9.17, 15) is 9.65 Å². The Morgan fingerprint density at radius 2 is 2.12 bits per heavy atom. The highest BCUT2D eigenvalue weighted by atomic mass is 35.5. The molecule has 0 radical (unpaired) electrons. The van der Waals surface area contributed by atoms with Crippen LogP contribution < -0.4 is 0 Å². The van der Waals surface area contributed by atoms with Crippen molar-refractivity contribution in [1.29, 1.82) is 5.26 Å². The van der Waals surface area contributed by atoms with Crippen molar-refractivity contribution in [2.75, 3.05) is 6.54 Å². The minimum atomic E-state index is -0.331. The molecule has 4 aromatic heterocycles. The van der Waals surface area contributed by atoms with Crippen LogP contribution in [0, 0.1) is 24.2 Å². The van der Waals surface area contributed by atoms with Crippen molar-refractivity contribution in [1.82, 2.24) is 29.3 Å².